The predicted octanol–water partition coefficient (Wildman–Crippen LogP) is 2.29. The summed E-state index contributed by atoms with van der Waals surface area (Å²) in [5.41, 5.74) is 0. The maximum Gasteiger partial charge on any atom is 0.0512 e. The first kappa shape index (κ1) is 9.40. The van der Waals surface area contributed by atoms with Crippen LogP contribution < -0.4 is 0 Å². The third-order valence-corrected chi connectivity index (χ3v) is 3.25. The van der Waals surface area contributed by atoms with E-state index in [1.54, 1.807) is 0 Å². The monoisotopic (exact) mass is 174 g/mol. The minimum Gasteiger partial charge on any atom is -0.393 e. The molecule has 0 heterocycles. The van der Waals surface area contributed by atoms with E-state index in [0.29, 0.717) is 0 Å². The lowest BCUT2D eigenvalue weighted by Gasteiger charge is -2.02. The van der Waals surface area contributed by atoms with Crippen molar-refractivity contribution >= 4 is 11.8 Å². The van der Waals surface area contributed by atoms with E-state index < -0.39 is 0 Å². The van der Waals surface area contributed by atoms with Crippen molar-refractivity contribution in [3.05, 3.63) is 0 Å². The Kier molecular flexibility index (Phi) is 4.31. The van der Waals surface area contributed by atoms with Crippen LogP contribution in [0.3, 0.4) is 0 Å². The van der Waals surface area contributed by atoms with E-state index in [9.17, 15) is 0 Å². The highest BCUT2D eigenvalue weighted by Crippen LogP contribution is 2.32. The highest BCUT2D eigenvalue weighted by molar-refractivity contribution is 7.99. The largest absolute Gasteiger partial charge is 0.393 e. The highest BCUT2D eigenvalue weighted by Gasteiger charge is 2.20. The van der Waals surface area contributed by atoms with Crippen molar-refractivity contribution in [1.29, 1.82) is 0 Å². The standard InChI is InChI=1S/C9H18OS/c1-8(10)3-2-6-11-7-9-4-5-9/h8-10H,2-7H2,1H3. The van der Waals surface area contributed by atoms with Gasteiger partial charge < -0.3 is 5.11 Å². The van der Waals surface area contributed by atoms with E-state index in [1.807, 2.05) is 6.92 Å². The molecule has 66 valence electrons. The summed E-state index contributed by atoms with van der Waals surface area (Å²) < 4.78 is 0. The molecule has 0 radical (unpaired) electrons. The van der Waals surface area contributed by atoms with Crippen LogP contribution in [0.15, 0.2) is 0 Å². The highest BCUT2D eigenvalue weighted by atomic mass is 32.2. The van der Waals surface area contributed by atoms with Crippen LogP contribution in [0.5, 0.6) is 0 Å². The van der Waals surface area contributed by atoms with E-state index in [4.69, 9.17) is 5.11 Å². The first-order valence-electron chi connectivity index (χ1n) is 4.55. The molecule has 1 N–H and O–H groups in total. The number of aliphatic hydroxyl groups is 1. The zero-order chi connectivity index (χ0) is 8.10. The Balaban J connectivity index is 1.73. The van der Waals surface area contributed by atoms with Gasteiger partial charge in [-0.2, -0.15) is 11.8 Å². The lowest BCUT2D eigenvalue weighted by atomic mass is 10.2. The number of hydrogen-bond acceptors (Lipinski definition) is 2. The fourth-order valence-corrected chi connectivity index (χ4v) is 2.22. The molecule has 0 aromatic carbocycles. The van der Waals surface area contributed by atoms with Gasteiger partial charge in [-0.3, -0.25) is 0 Å². The van der Waals surface area contributed by atoms with Gasteiger partial charge in [-0.15, -0.1) is 0 Å². The van der Waals surface area contributed by atoms with Crippen molar-refractivity contribution in [2.24, 2.45) is 5.92 Å². The lowest BCUT2D eigenvalue weighted by Crippen LogP contribution is -1.99. The fraction of sp³-hybridized carbons (Fsp3) is 1.00. The number of aliphatic hydroxyl groups excluding tert-OH is 1. The van der Waals surface area contributed by atoms with E-state index in [-0.39, 0.29) is 6.10 Å². The predicted molar refractivity (Wildman–Crippen MR) is 51.0 cm³/mol. The van der Waals surface area contributed by atoms with E-state index in [0.717, 1.165) is 12.3 Å². The quantitative estimate of drug-likeness (QED) is 0.623. The van der Waals surface area contributed by atoms with Gasteiger partial charge >= 0.3 is 0 Å². The van der Waals surface area contributed by atoms with Crippen molar-refractivity contribution in [3.63, 3.8) is 0 Å². The Labute approximate surface area is 73.6 Å². The summed E-state index contributed by atoms with van der Waals surface area (Å²) in [5, 5.41) is 8.96. The van der Waals surface area contributed by atoms with Gasteiger partial charge in [0.15, 0.2) is 0 Å². The van der Waals surface area contributed by atoms with Crippen LogP contribution in [0.1, 0.15) is 32.6 Å². The Morgan fingerprint density at radius 1 is 1.55 bits per heavy atom. The average molecular weight is 174 g/mol. The first-order chi connectivity index (χ1) is 5.29. The minimum absolute atomic E-state index is 0.100. The van der Waals surface area contributed by atoms with Crippen LogP contribution in [0.4, 0.5) is 0 Å². The molecule has 0 aliphatic heterocycles. The Morgan fingerprint density at radius 2 is 2.27 bits per heavy atom. The van der Waals surface area contributed by atoms with Gasteiger partial charge in [0.2, 0.25) is 0 Å². The number of hydrogen-bond donors (Lipinski definition) is 1. The summed E-state index contributed by atoms with van der Waals surface area (Å²) in [6, 6.07) is 0. The van der Waals surface area contributed by atoms with Crippen LogP contribution >= 0.6 is 11.8 Å². The zero-order valence-electron chi connectivity index (χ0n) is 7.25. The summed E-state index contributed by atoms with van der Waals surface area (Å²) >= 11 is 2.05. The summed E-state index contributed by atoms with van der Waals surface area (Å²) in [4.78, 5) is 0. The molecule has 1 unspecified atom stereocenters. The van der Waals surface area contributed by atoms with E-state index in [2.05, 4.69) is 11.8 Å². The fourth-order valence-electron chi connectivity index (χ4n) is 1.02. The van der Waals surface area contributed by atoms with Crippen LogP contribution in [-0.4, -0.2) is 22.7 Å². The van der Waals surface area contributed by atoms with Gasteiger partial charge in [-0.05, 0) is 50.0 Å². The summed E-state index contributed by atoms with van der Waals surface area (Å²) in [6.07, 6.45) is 4.97. The van der Waals surface area contributed by atoms with E-state index in [1.165, 1.54) is 30.8 Å². The molecule has 1 saturated carbocycles. The lowest BCUT2D eigenvalue weighted by molar-refractivity contribution is 0.184. The molecule has 0 aromatic heterocycles. The molecule has 0 spiro atoms. The van der Waals surface area contributed by atoms with Crippen molar-refractivity contribution < 1.29 is 5.11 Å². The first-order valence-corrected chi connectivity index (χ1v) is 5.70. The van der Waals surface area contributed by atoms with E-state index >= 15 is 0 Å². The van der Waals surface area contributed by atoms with Crippen molar-refractivity contribution in [2.45, 2.75) is 38.7 Å². The third-order valence-electron chi connectivity index (χ3n) is 1.96. The van der Waals surface area contributed by atoms with Crippen LogP contribution in [0.25, 0.3) is 0 Å². The molecule has 0 aromatic rings. The van der Waals surface area contributed by atoms with Gasteiger partial charge in [0.1, 0.15) is 0 Å². The second-order valence-corrected chi connectivity index (χ2v) is 4.66. The molecular formula is C9H18OS. The summed E-state index contributed by atoms with van der Waals surface area (Å²) in [7, 11) is 0. The minimum atomic E-state index is -0.100. The van der Waals surface area contributed by atoms with Gasteiger partial charge in [0.05, 0.1) is 6.10 Å². The van der Waals surface area contributed by atoms with Crippen molar-refractivity contribution in [2.75, 3.05) is 11.5 Å². The Morgan fingerprint density at radius 3 is 2.82 bits per heavy atom. The van der Waals surface area contributed by atoms with Crippen LogP contribution in [-0.2, 0) is 0 Å². The van der Waals surface area contributed by atoms with Crippen molar-refractivity contribution in [1.82, 2.24) is 0 Å². The molecule has 0 saturated heterocycles. The molecule has 2 heteroatoms. The molecule has 1 rings (SSSR count). The second kappa shape index (κ2) is 5.04. The van der Waals surface area contributed by atoms with Crippen molar-refractivity contribution in [3.8, 4) is 0 Å². The molecule has 1 nitrogen and oxygen atoms in total. The van der Waals surface area contributed by atoms with Gasteiger partial charge in [0, 0.05) is 0 Å². The van der Waals surface area contributed by atoms with Crippen LogP contribution in [0, 0.1) is 5.92 Å². The Hall–Kier alpha value is 0.310. The Bertz CT molecular complexity index is 95.7. The number of thioether (sulfide) groups is 1. The summed E-state index contributed by atoms with van der Waals surface area (Å²) in [6.45, 7) is 1.87. The maximum atomic E-state index is 8.96. The third kappa shape index (κ3) is 5.57. The SMILES string of the molecule is CC(O)CCCSCC1CC1. The van der Waals surface area contributed by atoms with Gasteiger partial charge in [0.25, 0.3) is 0 Å². The van der Waals surface area contributed by atoms with Gasteiger partial charge in [-0.25, -0.2) is 0 Å². The number of rotatable bonds is 6. The van der Waals surface area contributed by atoms with Crippen LogP contribution in [0.2, 0.25) is 0 Å². The molecule has 1 aliphatic carbocycles. The zero-order valence-corrected chi connectivity index (χ0v) is 8.07. The smallest absolute Gasteiger partial charge is 0.0512 e. The second-order valence-electron chi connectivity index (χ2n) is 3.51. The topological polar surface area (TPSA) is 20.2 Å². The average Bonchev–Trinajstić information content (AvgIpc) is 2.70. The molecule has 1 aliphatic rings. The molecule has 0 amide bonds. The normalized spacial score (nSPS) is 20.2. The van der Waals surface area contributed by atoms with Gasteiger partial charge in [-0.1, -0.05) is 0 Å². The molecule has 1 atom stereocenters. The summed E-state index contributed by atoms with van der Waals surface area (Å²) in [5.74, 6) is 3.65. The maximum absolute atomic E-state index is 8.96. The molecule has 1 fully saturated rings. The molecule has 0 bridgehead atoms. The molecule has 11 heavy (non-hydrogen) atoms. The molecular weight excluding hydrogens is 156 g/mol.